The van der Waals surface area contributed by atoms with Crippen LogP contribution >= 0.6 is 22.9 Å². The number of nitrogens with zero attached hydrogens (tertiary/aromatic N) is 3. The number of rotatable bonds is 1. The number of anilines is 1. The van der Waals surface area contributed by atoms with Crippen LogP contribution < -0.4 is 15.0 Å². The van der Waals surface area contributed by atoms with E-state index >= 15 is 0 Å². The van der Waals surface area contributed by atoms with Gasteiger partial charge in [0.25, 0.3) is 5.56 Å². The molecule has 0 radical (unpaired) electrons. The molecule has 29 heavy (non-hydrogen) atoms. The molecule has 0 spiro atoms. The predicted molar refractivity (Wildman–Crippen MR) is 123 cm³/mol. The van der Waals surface area contributed by atoms with Gasteiger partial charge in [0.05, 0.1) is 15.6 Å². The average Bonchev–Trinajstić information content (AvgIpc) is 3.17. The van der Waals surface area contributed by atoms with Gasteiger partial charge in [-0.3, -0.25) is 4.79 Å². The summed E-state index contributed by atoms with van der Waals surface area (Å²) in [5.41, 5.74) is 5.07. The zero-order valence-corrected chi connectivity index (χ0v) is 18.4. The molecule has 0 bridgehead atoms. The van der Waals surface area contributed by atoms with Crippen LogP contribution in [0.5, 0.6) is 0 Å². The van der Waals surface area contributed by atoms with E-state index in [-0.39, 0.29) is 11.1 Å². The molecule has 3 heterocycles. The molecule has 6 heteroatoms. The summed E-state index contributed by atoms with van der Waals surface area (Å²) in [5, 5.41) is 0.663. The Morgan fingerprint density at radius 3 is 2.83 bits per heavy atom. The van der Waals surface area contributed by atoms with E-state index in [1.165, 1.54) is 22.6 Å². The SMILES string of the molecule is CC1CC(C)(C)N(C)c2cc(Cl)c(/C=c3\sc4nc5ccccc5n4c3=O)cc21. The maximum absolute atomic E-state index is 13.1. The third-order valence-electron chi connectivity index (χ3n) is 6.18. The molecule has 4 nitrogen and oxygen atoms in total. The van der Waals surface area contributed by atoms with E-state index < -0.39 is 0 Å². The van der Waals surface area contributed by atoms with Crippen LogP contribution in [-0.2, 0) is 0 Å². The van der Waals surface area contributed by atoms with Gasteiger partial charge in [0, 0.05) is 23.3 Å². The number of fused-ring (bicyclic) bond motifs is 4. The highest BCUT2D eigenvalue weighted by atomic mass is 35.5. The third kappa shape index (κ3) is 2.79. The van der Waals surface area contributed by atoms with Crippen LogP contribution in [0.25, 0.3) is 22.1 Å². The van der Waals surface area contributed by atoms with Crippen molar-refractivity contribution in [3.05, 3.63) is 67.4 Å². The molecule has 0 fully saturated rings. The van der Waals surface area contributed by atoms with E-state index in [4.69, 9.17) is 11.6 Å². The molecule has 0 saturated heterocycles. The molecule has 2 aromatic carbocycles. The molecule has 0 saturated carbocycles. The molecule has 1 aliphatic rings. The highest BCUT2D eigenvalue weighted by Crippen LogP contribution is 2.44. The lowest BCUT2D eigenvalue weighted by molar-refractivity contribution is 0.395. The maximum Gasteiger partial charge on any atom is 0.274 e. The normalized spacial score (nSPS) is 19.3. The molecule has 1 atom stereocenters. The minimum Gasteiger partial charge on any atom is -0.369 e. The first-order chi connectivity index (χ1) is 13.8. The van der Waals surface area contributed by atoms with Crippen LogP contribution in [0.4, 0.5) is 5.69 Å². The number of benzene rings is 2. The fourth-order valence-electron chi connectivity index (χ4n) is 4.47. The molecule has 0 N–H and O–H groups in total. The first kappa shape index (κ1) is 18.6. The van der Waals surface area contributed by atoms with Crippen molar-refractivity contribution in [2.24, 2.45) is 0 Å². The van der Waals surface area contributed by atoms with Gasteiger partial charge in [-0.05, 0) is 67.7 Å². The second-order valence-electron chi connectivity index (χ2n) is 8.54. The van der Waals surface area contributed by atoms with Crippen LogP contribution in [-0.4, -0.2) is 22.0 Å². The zero-order valence-electron chi connectivity index (χ0n) is 16.9. The Morgan fingerprint density at radius 1 is 1.28 bits per heavy atom. The lowest BCUT2D eigenvalue weighted by Gasteiger charge is -2.45. The van der Waals surface area contributed by atoms with Gasteiger partial charge in [-0.1, -0.05) is 42.0 Å². The average molecular weight is 424 g/mol. The second-order valence-corrected chi connectivity index (χ2v) is 9.96. The molecule has 0 amide bonds. The molecule has 1 unspecified atom stereocenters. The summed E-state index contributed by atoms with van der Waals surface area (Å²) in [6.07, 6.45) is 2.98. The van der Waals surface area contributed by atoms with Crippen molar-refractivity contribution in [3.63, 3.8) is 0 Å². The van der Waals surface area contributed by atoms with Crippen LogP contribution in [0.1, 0.15) is 44.2 Å². The molecule has 1 aliphatic heterocycles. The first-order valence-electron chi connectivity index (χ1n) is 9.75. The number of aromatic nitrogens is 2. The van der Waals surface area contributed by atoms with Crippen molar-refractivity contribution in [2.45, 2.75) is 38.6 Å². The summed E-state index contributed by atoms with van der Waals surface area (Å²) >= 11 is 8.07. The molecule has 5 rings (SSSR count). The highest BCUT2D eigenvalue weighted by molar-refractivity contribution is 7.15. The summed E-state index contributed by atoms with van der Waals surface area (Å²) in [6.45, 7) is 6.78. The number of hydrogen-bond donors (Lipinski definition) is 0. The van der Waals surface area contributed by atoms with Crippen molar-refractivity contribution in [2.75, 3.05) is 11.9 Å². The number of hydrogen-bond acceptors (Lipinski definition) is 4. The van der Waals surface area contributed by atoms with Crippen molar-refractivity contribution in [3.8, 4) is 0 Å². The molecule has 2 aromatic heterocycles. The van der Waals surface area contributed by atoms with Gasteiger partial charge in [-0.15, -0.1) is 0 Å². The summed E-state index contributed by atoms with van der Waals surface area (Å²) in [4.78, 5) is 20.7. The van der Waals surface area contributed by atoms with Crippen LogP contribution in [0.3, 0.4) is 0 Å². The number of halogens is 1. The van der Waals surface area contributed by atoms with E-state index in [0.717, 1.165) is 23.0 Å². The summed E-state index contributed by atoms with van der Waals surface area (Å²) in [5.74, 6) is 0.428. The third-order valence-corrected chi connectivity index (χ3v) is 7.48. The second kappa shape index (κ2) is 6.31. The lowest BCUT2D eigenvalue weighted by atomic mass is 9.80. The van der Waals surface area contributed by atoms with E-state index in [0.29, 0.717) is 20.4 Å². The lowest BCUT2D eigenvalue weighted by Crippen LogP contribution is -2.45. The van der Waals surface area contributed by atoms with Crippen LogP contribution in [0, 0.1) is 0 Å². The monoisotopic (exact) mass is 423 g/mol. The minimum atomic E-state index is -0.0428. The van der Waals surface area contributed by atoms with Gasteiger partial charge in [0.2, 0.25) is 0 Å². The van der Waals surface area contributed by atoms with E-state index in [2.05, 4.69) is 43.8 Å². The van der Waals surface area contributed by atoms with E-state index in [9.17, 15) is 4.79 Å². The van der Waals surface area contributed by atoms with E-state index in [1.807, 2.05) is 36.4 Å². The predicted octanol–water partition coefficient (Wildman–Crippen LogP) is 4.83. The summed E-state index contributed by atoms with van der Waals surface area (Å²) in [6, 6.07) is 11.9. The zero-order chi connectivity index (χ0) is 20.5. The molecular weight excluding hydrogens is 402 g/mol. The topological polar surface area (TPSA) is 37.6 Å². The van der Waals surface area contributed by atoms with Crippen molar-refractivity contribution in [1.82, 2.24) is 9.38 Å². The maximum atomic E-state index is 13.1. The molecule has 0 aliphatic carbocycles. The Balaban J connectivity index is 1.70. The highest BCUT2D eigenvalue weighted by Gasteiger charge is 2.34. The minimum absolute atomic E-state index is 0.0428. The summed E-state index contributed by atoms with van der Waals surface area (Å²) < 4.78 is 2.34. The fourth-order valence-corrected chi connectivity index (χ4v) is 5.66. The van der Waals surface area contributed by atoms with Gasteiger partial charge in [0.1, 0.15) is 0 Å². The van der Waals surface area contributed by atoms with Gasteiger partial charge < -0.3 is 4.90 Å². The molecule has 4 aromatic rings. The van der Waals surface area contributed by atoms with Gasteiger partial charge >= 0.3 is 0 Å². The van der Waals surface area contributed by atoms with Crippen molar-refractivity contribution >= 4 is 50.7 Å². The fraction of sp³-hybridized carbons (Fsp3) is 0.304. The van der Waals surface area contributed by atoms with Crippen LogP contribution in [0.15, 0.2) is 41.2 Å². The molecular formula is C23H22ClN3OS. The van der Waals surface area contributed by atoms with E-state index in [1.54, 1.807) is 4.40 Å². The first-order valence-corrected chi connectivity index (χ1v) is 10.9. The Hall–Kier alpha value is -2.37. The standard InChI is InChI=1S/C23H22ClN3OS/c1-13-12-23(2,3)26(4)19-11-16(24)14(9-15(13)19)10-20-21(28)27-18-8-6-5-7-17(18)25-22(27)29-20/h5-11,13H,12H2,1-4H3/b20-10-. The summed E-state index contributed by atoms with van der Waals surface area (Å²) in [7, 11) is 2.12. The van der Waals surface area contributed by atoms with Crippen LogP contribution in [0.2, 0.25) is 5.02 Å². The van der Waals surface area contributed by atoms with Crippen molar-refractivity contribution < 1.29 is 0 Å². The Bertz CT molecular complexity index is 1380. The molecule has 148 valence electrons. The smallest absolute Gasteiger partial charge is 0.274 e. The number of para-hydroxylation sites is 2. The quantitative estimate of drug-likeness (QED) is 0.440. The number of imidazole rings is 1. The largest absolute Gasteiger partial charge is 0.369 e. The Labute approximate surface area is 178 Å². The Kier molecular flexibility index (Phi) is 4.06. The van der Waals surface area contributed by atoms with Crippen molar-refractivity contribution in [1.29, 1.82) is 0 Å². The van der Waals surface area contributed by atoms with Gasteiger partial charge in [-0.2, -0.15) is 0 Å². The Morgan fingerprint density at radius 2 is 2.03 bits per heavy atom. The van der Waals surface area contributed by atoms with Gasteiger partial charge in [-0.25, -0.2) is 9.38 Å². The number of thiazole rings is 1. The van der Waals surface area contributed by atoms with Gasteiger partial charge in [0.15, 0.2) is 4.96 Å².